The van der Waals surface area contributed by atoms with Gasteiger partial charge in [-0.3, -0.25) is 4.79 Å². The number of carbonyl (C=O) groups excluding carboxylic acids is 1. The van der Waals surface area contributed by atoms with Crippen LogP contribution in [0.25, 0.3) is 11.1 Å². The van der Waals surface area contributed by atoms with Crippen molar-refractivity contribution in [1.82, 2.24) is 4.98 Å². The summed E-state index contributed by atoms with van der Waals surface area (Å²) < 4.78 is 46.9. The van der Waals surface area contributed by atoms with Crippen LogP contribution in [0.2, 0.25) is 0 Å². The molecule has 1 aliphatic heterocycles. The van der Waals surface area contributed by atoms with Gasteiger partial charge >= 0.3 is 18.3 Å². The molecule has 4 rings (SSSR count). The van der Waals surface area contributed by atoms with E-state index in [1.165, 1.54) is 24.3 Å². The van der Waals surface area contributed by atoms with E-state index < -0.39 is 18.3 Å². The molecule has 43 heavy (non-hydrogen) atoms. The van der Waals surface area contributed by atoms with Crippen molar-refractivity contribution >= 4 is 29.4 Å². The molecule has 0 saturated carbocycles. The normalized spacial score (nSPS) is 16.7. The molecule has 2 atom stereocenters. The van der Waals surface area contributed by atoms with Crippen LogP contribution in [0.1, 0.15) is 29.8 Å². The van der Waals surface area contributed by atoms with Gasteiger partial charge in [-0.2, -0.15) is 0 Å². The number of amides is 1. The first-order valence-electron chi connectivity index (χ1n) is 13.0. The van der Waals surface area contributed by atoms with E-state index in [2.05, 4.69) is 19.9 Å². The molecule has 3 N–H and O–H groups in total. The second-order valence-electron chi connectivity index (χ2n) is 9.58. The molecule has 0 radical (unpaired) electrons. The molecule has 0 spiro atoms. The van der Waals surface area contributed by atoms with E-state index in [0.717, 1.165) is 24.5 Å². The lowest BCUT2D eigenvalue weighted by atomic mass is 9.96. The first-order valence-corrected chi connectivity index (χ1v) is 13.0. The Balaban J connectivity index is 0.000000557. The largest absolute Gasteiger partial charge is 0.573 e. The highest BCUT2D eigenvalue weighted by Gasteiger charge is 2.31. The van der Waals surface area contributed by atoms with Gasteiger partial charge in [-0.25, -0.2) is 14.6 Å². The van der Waals surface area contributed by atoms with Crippen molar-refractivity contribution in [2.75, 3.05) is 23.3 Å². The van der Waals surface area contributed by atoms with Crippen molar-refractivity contribution in [2.24, 2.45) is 0 Å². The molecule has 2 aromatic carbocycles. The Morgan fingerprint density at radius 1 is 0.977 bits per heavy atom. The van der Waals surface area contributed by atoms with Gasteiger partial charge in [0.25, 0.3) is 5.91 Å². The maximum Gasteiger partial charge on any atom is 0.573 e. The third-order valence-corrected chi connectivity index (χ3v) is 6.10. The first kappa shape index (κ1) is 32.6. The van der Waals surface area contributed by atoms with Gasteiger partial charge in [0, 0.05) is 30.8 Å². The van der Waals surface area contributed by atoms with Crippen LogP contribution in [-0.4, -0.2) is 64.7 Å². The van der Waals surface area contributed by atoms with Gasteiger partial charge in [0.2, 0.25) is 0 Å². The van der Waals surface area contributed by atoms with Gasteiger partial charge in [-0.05, 0) is 67.8 Å². The molecule has 1 fully saturated rings. The number of carboxylic acids is 2. The number of carbonyl (C=O) groups is 3. The van der Waals surface area contributed by atoms with Crippen molar-refractivity contribution in [1.29, 1.82) is 0 Å². The van der Waals surface area contributed by atoms with E-state index in [9.17, 15) is 27.6 Å². The summed E-state index contributed by atoms with van der Waals surface area (Å²) in [6.45, 7) is 7.35. The molecule has 0 unspecified atom stereocenters. The maximum absolute atomic E-state index is 13.0. The number of rotatable bonds is 7. The lowest BCUT2D eigenvalue weighted by Crippen LogP contribution is -2.45. The van der Waals surface area contributed by atoms with Crippen molar-refractivity contribution < 1.29 is 47.2 Å². The topological polar surface area (TPSA) is 138 Å². The molecular weight excluding hydrogens is 571 g/mol. The van der Waals surface area contributed by atoms with Crippen LogP contribution in [0.3, 0.4) is 0 Å². The minimum atomic E-state index is -4.75. The van der Waals surface area contributed by atoms with Crippen LogP contribution in [-0.2, 0) is 14.3 Å². The Morgan fingerprint density at radius 2 is 1.58 bits per heavy atom. The van der Waals surface area contributed by atoms with Crippen LogP contribution in [0.5, 0.6) is 5.75 Å². The number of benzene rings is 2. The summed E-state index contributed by atoms with van der Waals surface area (Å²) in [5.41, 5.74) is 3.13. The van der Waals surface area contributed by atoms with Crippen molar-refractivity contribution in [3.8, 4) is 16.9 Å². The zero-order valence-corrected chi connectivity index (χ0v) is 23.5. The van der Waals surface area contributed by atoms with E-state index in [4.69, 9.17) is 14.9 Å². The number of alkyl halides is 3. The molecule has 2 heterocycles. The fourth-order valence-electron chi connectivity index (χ4n) is 4.38. The van der Waals surface area contributed by atoms with Gasteiger partial charge in [0.1, 0.15) is 11.6 Å². The highest BCUT2D eigenvalue weighted by molar-refractivity contribution is 6.06. The molecule has 1 amide bonds. The number of ether oxygens (including phenoxy) is 2. The number of morpholine rings is 1. The van der Waals surface area contributed by atoms with Gasteiger partial charge in [-0.1, -0.05) is 24.3 Å². The standard InChI is InChI=1S/C26H26F3N3O3.C4H4O4/c1-16-14-32(15-17(2)34-16)24-12-9-20(13-30-24)31-25(33)23-6-4-5-22(18(23)3)19-7-10-21(11-8-19)35-26(27,28)29;5-3(6)1-2-4(7)8/h4-13,16-17H,14-15H2,1-3H3,(H,31,33);1-2H,(H,5,6)(H,7,8)/b;2-1-/t16-,17+;. The fourth-order valence-corrected chi connectivity index (χ4v) is 4.38. The number of carboxylic acid groups (broad SMARTS) is 2. The lowest BCUT2D eigenvalue weighted by Gasteiger charge is -2.36. The van der Waals surface area contributed by atoms with Crippen LogP contribution in [0.15, 0.2) is 72.9 Å². The smallest absolute Gasteiger partial charge is 0.478 e. The van der Waals surface area contributed by atoms with E-state index in [1.54, 1.807) is 25.3 Å². The number of halogens is 3. The van der Waals surface area contributed by atoms with E-state index in [0.29, 0.717) is 34.5 Å². The lowest BCUT2D eigenvalue weighted by molar-refractivity contribution is -0.274. The van der Waals surface area contributed by atoms with E-state index in [-0.39, 0.29) is 23.9 Å². The first-order chi connectivity index (χ1) is 20.2. The van der Waals surface area contributed by atoms with E-state index >= 15 is 0 Å². The Morgan fingerprint density at radius 3 is 2.09 bits per heavy atom. The summed E-state index contributed by atoms with van der Waals surface area (Å²) in [6, 6.07) is 14.5. The van der Waals surface area contributed by atoms with Crippen molar-refractivity contribution in [2.45, 2.75) is 39.3 Å². The number of aliphatic carboxylic acids is 2. The molecule has 0 aliphatic carbocycles. The predicted molar refractivity (Wildman–Crippen MR) is 152 cm³/mol. The van der Waals surface area contributed by atoms with Crippen LogP contribution in [0, 0.1) is 6.92 Å². The predicted octanol–water partition coefficient (Wildman–Crippen LogP) is 5.53. The molecule has 228 valence electrons. The van der Waals surface area contributed by atoms with Gasteiger partial charge in [0.15, 0.2) is 0 Å². The maximum atomic E-state index is 13.0. The summed E-state index contributed by atoms with van der Waals surface area (Å²) in [5.74, 6) is -2.30. The number of nitrogens with zero attached hydrogens (tertiary/aromatic N) is 2. The third kappa shape index (κ3) is 10.1. The van der Waals surface area contributed by atoms with Gasteiger partial charge in [0.05, 0.1) is 24.1 Å². The number of aromatic nitrogens is 1. The quantitative estimate of drug-likeness (QED) is 0.298. The molecule has 0 bridgehead atoms. The summed E-state index contributed by atoms with van der Waals surface area (Å²) in [6.07, 6.45) is -1.78. The average Bonchev–Trinajstić information content (AvgIpc) is 2.92. The van der Waals surface area contributed by atoms with Gasteiger partial charge < -0.3 is 29.9 Å². The van der Waals surface area contributed by atoms with Crippen molar-refractivity contribution in [3.05, 3.63) is 84.1 Å². The SMILES string of the molecule is Cc1c(C(=O)Nc2ccc(N3C[C@@H](C)O[C@@H](C)C3)nc2)cccc1-c1ccc(OC(F)(F)F)cc1.O=C(O)/C=C\C(=O)O. The minimum absolute atomic E-state index is 0.114. The average molecular weight is 602 g/mol. The third-order valence-electron chi connectivity index (χ3n) is 6.10. The monoisotopic (exact) mass is 601 g/mol. The Bertz CT molecular complexity index is 1430. The zero-order chi connectivity index (χ0) is 31.7. The molecule has 1 saturated heterocycles. The Hall–Kier alpha value is -4.91. The van der Waals surface area contributed by atoms with Crippen LogP contribution < -0.4 is 15.0 Å². The summed E-state index contributed by atoms with van der Waals surface area (Å²) >= 11 is 0. The number of nitrogens with one attached hydrogen (secondary N) is 1. The fraction of sp³-hybridized carbons (Fsp3) is 0.267. The highest BCUT2D eigenvalue weighted by Crippen LogP contribution is 2.30. The van der Waals surface area contributed by atoms with Crippen LogP contribution in [0.4, 0.5) is 24.7 Å². The number of hydrogen-bond donors (Lipinski definition) is 3. The summed E-state index contributed by atoms with van der Waals surface area (Å²) in [5, 5.41) is 18.5. The Labute approximate surface area is 245 Å². The number of hydrogen-bond acceptors (Lipinski definition) is 7. The molecule has 3 aromatic rings. The molecule has 13 heteroatoms. The van der Waals surface area contributed by atoms with Crippen molar-refractivity contribution in [3.63, 3.8) is 0 Å². The van der Waals surface area contributed by atoms with Crippen LogP contribution >= 0.6 is 0 Å². The Kier molecular flexibility index (Phi) is 10.9. The summed E-state index contributed by atoms with van der Waals surface area (Å²) in [4.78, 5) is 38.8. The second-order valence-corrected chi connectivity index (χ2v) is 9.58. The second kappa shape index (κ2) is 14.3. The highest BCUT2D eigenvalue weighted by atomic mass is 19.4. The molecule has 1 aliphatic rings. The molecular formula is C30H30F3N3O7. The zero-order valence-electron chi connectivity index (χ0n) is 23.5. The summed E-state index contributed by atoms with van der Waals surface area (Å²) in [7, 11) is 0. The molecule has 1 aromatic heterocycles. The van der Waals surface area contributed by atoms with Gasteiger partial charge in [-0.15, -0.1) is 13.2 Å². The number of anilines is 2. The number of pyridine rings is 1. The van der Waals surface area contributed by atoms with E-state index in [1.807, 2.05) is 32.0 Å². The minimum Gasteiger partial charge on any atom is -0.478 e. The molecule has 10 nitrogen and oxygen atoms in total.